The first-order chi connectivity index (χ1) is 13.1. The zero-order chi connectivity index (χ0) is 19.0. The highest BCUT2D eigenvalue weighted by Gasteiger charge is 2.17. The normalized spacial score (nSPS) is 11.3. The number of aromatic nitrogens is 1. The Hall–Kier alpha value is -3.18. The van der Waals surface area contributed by atoms with Gasteiger partial charge in [0.2, 0.25) is 5.91 Å². The van der Waals surface area contributed by atoms with Crippen molar-refractivity contribution in [3.8, 4) is 0 Å². The van der Waals surface area contributed by atoms with Crippen molar-refractivity contribution in [1.29, 1.82) is 0 Å². The molecule has 0 atom stereocenters. The van der Waals surface area contributed by atoms with Crippen molar-refractivity contribution in [2.75, 3.05) is 7.11 Å². The zero-order valence-electron chi connectivity index (χ0n) is 14.8. The minimum atomic E-state index is -0.476. The summed E-state index contributed by atoms with van der Waals surface area (Å²) in [6.07, 6.45) is 0. The van der Waals surface area contributed by atoms with Gasteiger partial charge in [0.05, 0.1) is 17.6 Å². The second-order valence-corrected chi connectivity index (χ2v) is 6.48. The molecule has 0 fully saturated rings. The van der Waals surface area contributed by atoms with E-state index in [1.807, 2.05) is 24.3 Å². The summed E-state index contributed by atoms with van der Waals surface area (Å²) < 4.78 is 20.6. The Morgan fingerprint density at radius 2 is 1.93 bits per heavy atom. The molecule has 1 radical (unpaired) electrons. The predicted octanol–water partition coefficient (Wildman–Crippen LogP) is 4.03. The zero-order valence-corrected chi connectivity index (χ0v) is 14.8. The highest BCUT2D eigenvalue weighted by Crippen LogP contribution is 2.32. The van der Waals surface area contributed by atoms with Crippen molar-refractivity contribution in [1.82, 2.24) is 4.57 Å². The number of rotatable bonds is 5. The van der Waals surface area contributed by atoms with Gasteiger partial charge < -0.3 is 15.0 Å². The summed E-state index contributed by atoms with van der Waals surface area (Å²) in [5.74, 6) is -0.747. The molecule has 27 heavy (non-hydrogen) atoms. The van der Waals surface area contributed by atoms with Crippen LogP contribution >= 0.6 is 0 Å². The molecule has 1 aromatic heterocycles. The summed E-state index contributed by atoms with van der Waals surface area (Å²) >= 11 is 0. The topological polar surface area (TPSA) is 57.2 Å². The monoisotopic (exact) mass is 361 g/mol. The maximum Gasteiger partial charge on any atom is 0.249 e. The van der Waals surface area contributed by atoms with Gasteiger partial charge in [0.1, 0.15) is 5.82 Å². The van der Waals surface area contributed by atoms with Gasteiger partial charge in [-0.2, -0.15) is 0 Å². The molecule has 0 spiro atoms. The summed E-state index contributed by atoms with van der Waals surface area (Å²) in [4.78, 5) is 12.0. The third-order valence-corrected chi connectivity index (χ3v) is 4.68. The third-order valence-electron chi connectivity index (χ3n) is 4.68. The number of carbonyl (C=O) groups is 1. The molecule has 4 rings (SSSR count). The minimum absolute atomic E-state index is 0.271. The van der Waals surface area contributed by atoms with Crippen LogP contribution in [-0.4, -0.2) is 17.6 Å². The van der Waals surface area contributed by atoms with Gasteiger partial charge in [-0.3, -0.25) is 4.79 Å². The average molecular weight is 361 g/mol. The van der Waals surface area contributed by atoms with Crippen molar-refractivity contribution in [3.63, 3.8) is 0 Å². The number of primary amides is 1. The van der Waals surface area contributed by atoms with Crippen LogP contribution in [0, 0.1) is 11.9 Å². The molecule has 3 aromatic carbocycles. The lowest BCUT2D eigenvalue weighted by Gasteiger charge is -2.09. The van der Waals surface area contributed by atoms with Crippen LogP contribution in [0.1, 0.15) is 21.5 Å². The van der Waals surface area contributed by atoms with Gasteiger partial charge in [0, 0.05) is 30.0 Å². The Morgan fingerprint density at radius 1 is 1.15 bits per heavy atom. The average Bonchev–Trinajstić information content (AvgIpc) is 2.97. The van der Waals surface area contributed by atoms with E-state index < -0.39 is 5.91 Å². The quantitative estimate of drug-likeness (QED) is 0.583. The third kappa shape index (κ3) is 3.06. The van der Waals surface area contributed by atoms with E-state index in [9.17, 15) is 9.18 Å². The second kappa shape index (κ2) is 6.85. The first-order valence-corrected chi connectivity index (χ1v) is 8.57. The van der Waals surface area contributed by atoms with Crippen molar-refractivity contribution in [2.45, 2.75) is 13.2 Å². The van der Waals surface area contributed by atoms with Crippen molar-refractivity contribution in [2.24, 2.45) is 5.73 Å². The fraction of sp³-hybridized carbons (Fsp3) is 0.136. The molecular weight excluding hydrogens is 343 g/mol. The Bertz CT molecular complexity index is 1150. The summed E-state index contributed by atoms with van der Waals surface area (Å²) in [6, 6.07) is 19.1. The SMILES string of the molecule is COCc1c[c]c2c3c(C(N)=O)cccc3n(Cc3ccc(F)cc3)c2c1. The number of halogens is 1. The van der Waals surface area contributed by atoms with E-state index in [-0.39, 0.29) is 5.82 Å². The molecule has 5 heteroatoms. The minimum Gasteiger partial charge on any atom is -0.380 e. The number of nitrogens with two attached hydrogens (primary N) is 1. The smallest absolute Gasteiger partial charge is 0.249 e. The van der Waals surface area contributed by atoms with Gasteiger partial charge in [0.15, 0.2) is 0 Å². The first kappa shape index (κ1) is 17.2. The number of benzene rings is 3. The number of nitrogens with zero attached hydrogens (tertiary/aromatic N) is 1. The maximum atomic E-state index is 13.3. The summed E-state index contributed by atoms with van der Waals surface area (Å²) in [5, 5.41) is 1.62. The van der Waals surface area contributed by atoms with Crippen LogP contribution in [0.25, 0.3) is 21.8 Å². The van der Waals surface area contributed by atoms with Crippen LogP contribution < -0.4 is 5.73 Å². The van der Waals surface area contributed by atoms with E-state index in [1.165, 1.54) is 12.1 Å². The van der Waals surface area contributed by atoms with E-state index in [0.29, 0.717) is 18.7 Å². The van der Waals surface area contributed by atoms with E-state index in [1.54, 1.807) is 25.3 Å². The molecule has 1 amide bonds. The molecule has 1 heterocycles. The van der Waals surface area contributed by atoms with Gasteiger partial charge >= 0.3 is 0 Å². The van der Waals surface area contributed by atoms with Gasteiger partial charge in [-0.05, 0) is 53.6 Å². The van der Waals surface area contributed by atoms with Crippen LogP contribution in [0.2, 0.25) is 0 Å². The summed E-state index contributed by atoms with van der Waals surface area (Å²) in [5.41, 5.74) is 9.82. The number of ether oxygens (including phenoxy) is 1. The number of carbonyl (C=O) groups excluding carboxylic acids is 1. The Labute approximate surface area is 156 Å². The molecule has 135 valence electrons. The molecular formula is C22H18FN2O2. The van der Waals surface area contributed by atoms with Crippen molar-refractivity contribution in [3.05, 3.63) is 83.2 Å². The molecule has 0 unspecified atom stereocenters. The largest absolute Gasteiger partial charge is 0.380 e. The second-order valence-electron chi connectivity index (χ2n) is 6.48. The van der Waals surface area contributed by atoms with Crippen molar-refractivity contribution < 1.29 is 13.9 Å². The fourth-order valence-corrected chi connectivity index (χ4v) is 3.50. The Balaban J connectivity index is 2.00. The fourth-order valence-electron chi connectivity index (χ4n) is 3.50. The van der Waals surface area contributed by atoms with Gasteiger partial charge in [-0.1, -0.05) is 18.2 Å². The van der Waals surface area contributed by atoms with Crippen LogP contribution in [0.4, 0.5) is 4.39 Å². The van der Waals surface area contributed by atoms with Gasteiger partial charge in [0.25, 0.3) is 0 Å². The molecule has 4 aromatic rings. The molecule has 0 aliphatic rings. The lowest BCUT2D eigenvalue weighted by molar-refractivity contribution is 0.100. The number of hydrogen-bond acceptors (Lipinski definition) is 2. The summed E-state index contributed by atoms with van der Waals surface area (Å²) in [6.45, 7) is 1.000. The number of fused-ring (bicyclic) bond motifs is 3. The molecule has 0 bridgehead atoms. The van der Waals surface area contributed by atoms with E-state index in [0.717, 1.165) is 32.9 Å². The molecule has 0 aliphatic carbocycles. The highest BCUT2D eigenvalue weighted by atomic mass is 19.1. The number of methoxy groups -OCH3 is 1. The first-order valence-electron chi connectivity index (χ1n) is 8.57. The maximum absolute atomic E-state index is 13.3. The lowest BCUT2D eigenvalue weighted by Crippen LogP contribution is -2.11. The Kier molecular flexibility index (Phi) is 4.38. The predicted molar refractivity (Wildman–Crippen MR) is 103 cm³/mol. The van der Waals surface area contributed by atoms with E-state index >= 15 is 0 Å². The molecule has 0 saturated heterocycles. The number of hydrogen-bond donors (Lipinski definition) is 1. The number of amides is 1. The van der Waals surface area contributed by atoms with Crippen LogP contribution in [0.15, 0.2) is 54.6 Å². The summed E-state index contributed by atoms with van der Waals surface area (Å²) in [7, 11) is 1.64. The molecule has 0 saturated carbocycles. The van der Waals surface area contributed by atoms with Crippen molar-refractivity contribution >= 4 is 27.7 Å². The molecule has 4 nitrogen and oxygen atoms in total. The van der Waals surface area contributed by atoms with Crippen LogP contribution in [-0.2, 0) is 17.9 Å². The van der Waals surface area contributed by atoms with E-state index in [4.69, 9.17) is 10.5 Å². The molecule has 0 aliphatic heterocycles. The van der Waals surface area contributed by atoms with Gasteiger partial charge in [-0.15, -0.1) is 0 Å². The lowest BCUT2D eigenvalue weighted by atomic mass is 10.0. The van der Waals surface area contributed by atoms with E-state index in [2.05, 4.69) is 10.6 Å². The Morgan fingerprint density at radius 3 is 2.63 bits per heavy atom. The van der Waals surface area contributed by atoms with Gasteiger partial charge in [-0.25, -0.2) is 4.39 Å². The van der Waals surface area contributed by atoms with Crippen LogP contribution in [0.5, 0.6) is 0 Å². The molecule has 2 N–H and O–H groups in total. The highest BCUT2D eigenvalue weighted by molar-refractivity contribution is 6.17. The standard InChI is InChI=1S/C22H18FN2O2/c1-27-13-15-7-10-17-20(11-15)25(12-14-5-8-16(23)9-6-14)19-4-2-3-18(21(17)19)22(24)26/h2-9,11H,12-13H2,1H3,(H2,24,26). The van der Waals surface area contributed by atoms with Crippen LogP contribution in [0.3, 0.4) is 0 Å².